The Balaban J connectivity index is 2.72. The van der Waals surface area contributed by atoms with Gasteiger partial charge in [-0.2, -0.15) is 0 Å². The molecular weight excluding hydrogens is 178 g/mol. The molecule has 1 aliphatic rings. The van der Waals surface area contributed by atoms with Gasteiger partial charge in [0, 0.05) is 19.6 Å². The van der Waals surface area contributed by atoms with Gasteiger partial charge in [-0.1, -0.05) is 6.92 Å². The maximum atomic E-state index is 11.9. The third-order valence-electron chi connectivity index (χ3n) is 3.08. The molecule has 0 radical (unpaired) electrons. The molecule has 1 amide bonds. The van der Waals surface area contributed by atoms with Crippen LogP contribution in [0.15, 0.2) is 0 Å². The summed E-state index contributed by atoms with van der Waals surface area (Å²) in [6, 6.07) is 0.322. The zero-order valence-electron chi connectivity index (χ0n) is 9.36. The molecule has 0 aromatic carbocycles. The highest BCUT2D eigenvalue weighted by Crippen LogP contribution is 2.16. The third kappa shape index (κ3) is 2.07. The maximum Gasteiger partial charge on any atom is 0.240 e. The van der Waals surface area contributed by atoms with Gasteiger partial charge in [0.1, 0.15) is 0 Å². The smallest absolute Gasteiger partial charge is 0.240 e. The summed E-state index contributed by atoms with van der Waals surface area (Å²) in [5.74, 6) is 0.219. The molecule has 14 heavy (non-hydrogen) atoms. The van der Waals surface area contributed by atoms with Crippen molar-refractivity contribution in [3.63, 3.8) is 0 Å². The highest BCUT2D eigenvalue weighted by molar-refractivity contribution is 5.82. The zero-order valence-corrected chi connectivity index (χ0v) is 9.36. The number of likely N-dealkylation sites (N-methyl/N-ethyl adjacent to an activating group) is 2. The van der Waals surface area contributed by atoms with E-state index in [9.17, 15) is 4.79 Å². The third-order valence-corrected chi connectivity index (χ3v) is 3.08. The Kier molecular flexibility index (Phi) is 3.89. The predicted molar refractivity (Wildman–Crippen MR) is 56.9 cm³/mol. The van der Waals surface area contributed by atoms with E-state index in [1.54, 1.807) is 0 Å². The number of piperazine rings is 1. The Morgan fingerprint density at radius 1 is 1.57 bits per heavy atom. The van der Waals surface area contributed by atoms with Crippen molar-refractivity contribution in [2.75, 3.05) is 26.7 Å². The summed E-state index contributed by atoms with van der Waals surface area (Å²) in [6.45, 7) is 6.64. The van der Waals surface area contributed by atoms with Gasteiger partial charge in [-0.3, -0.25) is 9.69 Å². The molecule has 0 bridgehead atoms. The number of nitrogens with two attached hydrogens (primary N) is 1. The maximum absolute atomic E-state index is 11.9. The van der Waals surface area contributed by atoms with Crippen molar-refractivity contribution in [1.82, 2.24) is 9.80 Å². The van der Waals surface area contributed by atoms with Crippen LogP contribution in [0.1, 0.15) is 20.3 Å². The zero-order chi connectivity index (χ0) is 10.7. The molecule has 82 valence electrons. The fourth-order valence-corrected chi connectivity index (χ4v) is 2.01. The van der Waals surface area contributed by atoms with Crippen molar-refractivity contribution in [2.24, 2.45) is 5.73 Å². The van der Waals surface area contributed by atoms with Gasteiger partial charge in [0.15, 0.2) is 0 Å². The Labute approximate surface area is 86.0 Å². The summed E-state index contributed by atoms with van der Waals surface area (Å²) in [6.07, 6.45) is 0.768. The number of nitrogens with zero attached hydrogens (tertiary/aromatic N) is 2. The first-order chi connectivity index (χ1) is 6.61. The van der Waals surface area contributed by atoms with Gasteiger partial charge in [-0.05, 0) is 26.4 Å². The molecule has 0 aromatic heterocycles. The molecular formula is C10H21N3O. The second-order valence-electron chi connectivity index (χ2n) is 3.98. The average molecular weight is 199 g/mol. The monoisotopic (exact) mass is 199 g/mol. The van der Waals surface area contributed by atoms with Crippen LogP contribution in [0.3, 0.4) is 0 Å². The number of amides is 1. The number of carbonyl (C=O) groups excluding carboxylic acids is 1. The second-order valence-corrected chi connectivity index (χ2v) is 3.98. The van der Waals surface area contributed by atoms with Crippen LogP contribution < -0.4 is 5.73 Å². The highest BCUT2D eigenvalue weighted by atomic mass is 16.2. The van der Waals surface area contributed by atoms with Crippen LogP contribution in [0.4, 0.5) is 0 Å². The molecule has 0 spiro atoms. The van der Waals surface area contributed by atoms with Crippen molar-refractivity contribution < 1.29 is 4.79 Å². The summed E-state index contributed by atoms with van der Waals surface area (Å²) in [5, 5.41) is 0. The minimum atomic E-state index is 0.00574. The molecule has 2 unspecified atom stereocenters. The molecule has 4 nitrogen and oxygen atoms in total. The van der Waals surface area contributed by atoms with Gasteiger partial charge in [-0.15, -0.1) is 0 Å². The molecule has 0 aliphatic carbocycles. The first kappa shape index (κ1) is 11.5. The van der Waals surface area contributed by atoms with E-state index in [1.165, 1.54) is 0 Å². The molecule has 1 heterocycles. The Morgan fingerprint density at radius 2 is 2.21 bits per heavy atom. The van der Waals surface area contributed by atoms with Gasteiger partial charge >= 0.3 is 0 Å². The Hall–Kier alpha value is -0.610. The summed E-state index contributed by atoms with van der Waals surface area (Å²) >= 11 is 0. The number of rotatable bonds is 3. The van der Waals surface area contributed by atoms with E-state index in [-0.39, 0.29) is 11.9 Å². The largest absolute Gasteiger partial charge is 0.340 e. The lowest BCUT2D eigenvalue weighted by Crippen LogP contribution is -2.59. The van der Waals surface area contributed by atoms with Crippen LogP contribution in [0.5, 0.6) is 0 Å². The van der Waals surface area contributed by atoms with Gasteiger partial charge in [0.25, 0.3) is 0 Å². The molecule has 2 atom stereocenters. The van der Waals surface area contributed by atoms with Gasteiger partial charge in [0.05, 0.1) is 6.04 Å². The van der Waals surface area contributed by atoms with Crippen molar-refractivity contribution in [3.8, 4) is 0 Å². The molecule has 1 aliphatic heterocycles. The van der Waals surface area contributed by atoms with Crippen LogP contribution in [0, 0.1) is 0 Å². The first-order valence-corrected chi connectivity index (χ1v) is 5.32. The Bertz CT molecular complexity index is 208. The van der Waals surface area contributed by atoms with E-state index >= 15 is 0 Å². The quantitative estimate of drug-likeness (QED) is 0.690. The topological polar surface area (TPSA) is 49.6 Å². The van der Waals surface area contributed by atoms with Gasteiger partial charge < -0.3 is 10.6 Å². The average Bonchev–Trinajstić information content (AvgIpc) is 2.19. The SMILES string of the molecule is CCN1CC(C)N(C)C(=O)C1CCN. The number of hydrogen-bond acceptors (Lipinski definition) is 3. The van der Waals surface area contributed by atoms with E-state index in [0.717, 1.165) is 19.5 Å². The summed E-state index contributed by atoms with van der Waals surface area (Å²) in [7, 11) is 1.88. The number of carbonyl (C=O) groups is 1. The minimum Gasteiger partial charge on any atom is -0.340 e. The van der Waals surface area contributed by atoms with Crippen molar-refractivity contribution in [3.05, 3.63) is 0 Å². The number of hydrogen-bond donors (Lipinski definition) is 1. The van der Waals surface area contributed by atoms with Crippen LogP contribution >= 0.6 is 0 Å². The van der Waals surface area contributed by atoms with Crippen molar-refractivity contribution >= 4 is 5.91 Å². The summed E-state index contributed by atoms with van der Waals surface area (Å²) < 4.78 is 0. The van der Waals surface area contributed by atoms with E-state index in [0.29, 0.717) is 12.6 Å². The van der Waals surface area contributed by atoms with E-state index in [4.69, 9.17) is 5.73 Å². The van der Waals surface area contributed by atoms with Crippen LogP contribution in [-0.4, -0.2) is 54.5 Å². The second kappa shape index (κ2) is 4.75. The Morgan fingerprint density at radius 3 is 2.71 bits per heavy atom. The fourth-order valence-electron chi connectivity index (χ4n) is 2.01. The minimum absolute atomic E-state index is 0.00574. The van der Waals surface area contributed by atoms with E-state index < -0.39 is 0 Å². The molecule has 0 saturated carbocycles. The molecule has 0 aromatic rings. The van der Waals surface area contributed by atoms with Crippen LogP contribution in [0.25, 0.3) is 0 Å². The molecule has 1 rings (SSSR count). The van der Waals surface area contributed by atoms with E-state index in [1.807, 2.05) is 11.9 Å². The molecule has 1 saturated heterocycles. The van der Waals surface area contributed by atoms with Crippen LogP contribution in [0.2, 0.25) is 0 Å². The lowest BCUT2D eigenvalue weighted by atomic mass is 10.0. The van der Waals surface area contributed by atoms with Crippen LogP contribution in [-0.2, 0) is 4.79 Å². The van der Waals surface area contributed by atoms with Crippen molar-refractivity contribution in [1.29, 1.82) is 0 Å². The standard InChI is InChI=1S/C10H21N3O/c1-4-13-7-8(2)12(3)10(14)9(13)5-6-11/h8-9H,4-7,11H2,1-3H3. The van der Waals surface area contributed by atoms with Gasteiger partial charge in [-0.25, -0.2) is 0 Å². The van der Waals surface area contributed by atoms with E-state index in [2.05, 4.69) is 18.7 Å². The molecule has 1 fully saturated rings. The molecule has 2 N–H and O–H groups in total. The summed E-state index contributed by atoms with van der Waals surface area (Å²) in [4.78, 5) is 16.0. The van der Waals surface area contributed by atoms with Crippen molar-refractivity contribution in [2.45, 2.75) is 32.4 Å². The molecule has 4 heteroatoms. The fraction of sp³-hybridized carbons (Fsp3) is 0.900. The lowest BCUT2D eigenvalue weighted by Gasteiger charge is -2.42. The highest BCUT2D eigenvalue weighted by Gasteiger charge is 2.34. The lowest BCUT2D eigenvalue weighted by molar-refractivity contribution is -0.143. The predicted octanol–water partition coefficient (Wildman–Crippen LogP) is -0.114. The van der Waals surface area contributed by atoms with Gasteiger partial charge in [0.2, 0.25) is 5.91 Å². The normalized spacial score (nSPS) is 29.7. The summed E-state index contributed by atoms with van der Waals surface area (Å²) in [5.41, 5.74) is 5.52. The first-order valence-electron chi connectivity index (χ1n) is 5.32.